The lowest BCUT2D eigenvalue weighted by Gasteiger charge is -2.40. The van der Waals surface area contributed by atoms with Gasteiger partial charge in [-0.15, -0.1) is 0 Å². The molecule has 0 spiro atoms. The number of hydrogen-bond donors (Lipinski definition) is 0. The number of unbranched alkanes of at least 4 members (excludes halogenated alkanes) is 15. The summed E-state index contributed by atoms with van der Waals surface area (Å²) in [5, 5.41) is 0.433. The summed E-state index contributed by atoms with van der Waals surface area (Å²) >= 11 is 0. The number of hydrogen-bond acceptors (Lipinski definition) is 0. The van der Waals surface area contributed by atoms with Gasteiger partial charge in [-0.25, -0.2) is 0 Å². The fourth-order valence-electron chi connectivity index (χ4n) is 6.79. The molecule has 35 heavy (non-hydrogen) atoms. The monoisotopic (exact) mass is 496 g/mol. The second-order valence-corrected chi connectivity index (χ2v) is 16.1. The van der Waals surface area contributed by atoms with E-state index >= 15 is 0 Å². The third-order valence-electron chi connectivity index (χ3n) is 9.58. The Morgan fingerprint density at radius 2 is 1.09 bits per heavy atom. The fraction of sp³-hybridized carbons (Fsp3) is 0.765. The van der Waals surface area contributed by atoms with Crippen LogP contribution in [0.5, 0.6) is 0 Å². The molecular weight excluding hydrogens is 436 g/mol. The molecule has 0 fully saturated rings. The van der Waals surface area contributed by atoms with Gasteiger partial charge in [-0.05, 0) is 55.8 Å². The van der Waals surface area contributed by atoms with E-state index in [1.54, 1.807) is 22.3 Å². The van der Waals surface area contributed by atoms with E-state index in [0.29, 0.717) is 5.04 Å². The molecule has 0 saturated heterocycles. The van der Waals surface area contributed by atoms with Gasteiger partial charge in [0.05, 0.1) is 8.80 Å². The summed E-state index contributed by atoms with van der Waals surface area (Å²) in [5.41, 5.74) is 7.38. The van der Waals surface area contributed by atoms with Crippen LogP contribution in [-0.4, -0.2) is 8.80 Å². The van der Waals surface area contributed by atoms with Gasteiger partial charge in [0.1, 0.15) is 0 Å². The lowest BCUT2D eigenvalue weighted by molar-refractivity contribution is 0.531. The lowest BCUT2D eigenvalue weighted by atomic mass is 10.0. The van der Waals surface area contributed by atoms with Crippen molar-refractivity contribution in [3.63, 3.8) is 0 Å². The highest BCUT2D eigenvalue weighted by atomic mass is 28.3. The van der Waals surface area contributed by atoms with Crippen molar-refractivity contribution < 1.29 is 0 Å². The molecule has 0 radical (unpaired) electrons. The first-order valence-corrected chi connectivity index (χ1v) is 17.7. The molecule has 0 aliphatic heterocycles. The Morgan fingerprint density at radius 3 is 1.49 bits per heavy atom. The van der Waals surface area contributed by atoms with Gasteiger partial charge in [-0.1, -0.05) is 158 Å². The maximum Gasteiger partial charge on any atom is 0.0605 e. The van der Waals surface area contributed by atoms with Gasteiger partial charge in [0.2, 0.25) is 0 Å². The Kier molecular flexibility index (Phi) is 14.6. The van der Waals surface area contributed by atoms with E-state index in [1.165, 1.54) is 115 Å². The van der Waals surface area contributed by atoms with Crippen LogP contribution < -0.4 is 0 Å². The molecule has 2 rings (SSSR count). The summed E-state index contributed by atoms with van der Waals surface area (Å²) in [6.07, 6.45) is 34.2. The van der Waals surface area contributed by atoms with Crippen molar-refractivity contribution in [2.45, 2.75) is 167 Å². The molecule has 2 aliphatic rings. The molecule has 0 bridgehead atoms. The number of rotatable bonds is 19. The minimum absolute atomic E-state index is 0.433. The Bertz CT molecular complexity index is 697. The summed E-state index contributed by atoms with van der Waals surface area (Å²) in [5.74, 6) is 0. The van der Waals surface area contributed by atoms with Gasteiger partial charge in [0.15, 0.2) is 0 Å². The zero-order chi connectivity index (χ0) is 25.5. The van der Waals surface area contributed by atoms with Crippen molar-refractivity contribution in [1.29, 1.82) is 0 Å². The van der Waals surface area contributed by atoms with Crippen LogP contribution in [0.3, 0.4) is 0 Å². The van der Waals surface area contributed by atoms with Crippen LogP contribution in [0.1, 0.15) is 151 Å². The first-order valence-electron chi connectivity index (χ1n) is 15.6. The summed E-state index contributed by atoms with van der Waals surface area (Å²) in [6.45, 7) is 14.5. The normalized spacial score (nSPS) is 21.5. The van der Waals surface area contributed by atoms with Crippen LogP contribution in [0.2, 0.25) is 16.6 Å². The third kappa shape index (κ3) is 9.86. The quantitative estimate of drug-likeness (QED) is 0.123. The van der Waals surface area contributed by atoms with Crippen LogP contribution in [0.4, 0.5) is 0 Å². The highest BCUT2D eigenvalue weighted by Crippen LogP contribution is 2.53. The van der Waals surface area contributed by atoms with Crippen LogP contribution in [0.25, 0.3) is 0 Å². The van der Waals surface area contributed by atoms with Gasteiger partial charge in [0.25, 0.3) is 0 Å². The predicted octanol–water partition coefficient (Wildman–Crippen LogP) is 11.8. The minimum Gasteiger partial charge on any atom is -0.0840 e. The molecule has 1 heteroatoms. The van der Waals surface area contributed by atoms with Crippen LogP contribution in [0, 0.1) is 0 Å². The van der Waals surface area contributed by atoms with Gasteiger partial charge in [0, 0.05) is 0 Å². The van der Waals surface area contributed by atoms with E-state index in [1.807, 2.05) is 0 Å². The van der Waals surface area contributed by atoms with Crippen LogP contribution in [0.15, 0.2) is 46.6 Å². The van der Waals surface area contributed by atoms with Gasteiger partial charge >= 0.3 is 0 Å². The van der Waals surface area contributed by atoms with Crippen molar-refractivity contribution in [3.8, 4) is 0 Å². The summed E-state index contributed by atoms with van der Waals surface area (Å²) in [6, 6.07) is 1.51. The Labute approximate surface area is 222 Å². The second kappa shape index (κ2) is 16.8. The molecule has 2 atom stereocenters. The van der Waals surface area contributed by atoms with Gasteiger partial charge in [-0.2, -0.15) is 0 Å². The van der Waals surface area contributed by atoms with Crippen molar-refractivity contribution >= 4 is 8.80 Å². The van der Waals surface area contributed by atoms with E-state index in [0.717, 1.165) is 5.54 Å². The SMILES string of the molecule is CCCCCCCCCCCCCCCCCC[SiH](C1C(C)=C(C)C(C)=C1C)C1(C)C=CC=CC1. The smallest absolute Gasteiger partial charge is 0.0605 e. The zero-order valence-corrected chi connectivity index (χ0v) is 25.8. The molecule has 0 saturated carbocycles. The lowest BCUT2D eigenvalue weighted by Crippen LogP contribution is -2.35. The van der Waals surface area contributed by atoms with Crippen LogP contribution >= 0.6 is 0 Å². The highest BCUT2D eigenvalue weighted by Gasteiger charge is 2.42. The molecule has 0 aromatic rings. The highest BCUT2D eigenvalue weighted by molar-refractivity contribution is 6.66. The van der Waals surface area contributed by atoms with Crippen molar-refractivity contribution in [2.75, 3.05) is 0 Å². The maximum atomic E-state index is 2.58. The maximum absolute atomic E-state index is 2.58. The predicted molar refractivity (Wildman–Crippen MR) is 163 cm³/mol. The van der Waals surface area contributed by atoms with Crippen molar-refractivity contribution in [2.24, 2.45) is 0 Å². The summed E-state index contributed by atoms with van der Waals surface area (Å²) in [7, 11) is -1.02. The van der Waals surface area contributed by atoms with Crippen molar-refractivity contribution in [3.05, 3.63) is 46.6 Å². The first-order chi connectivity index (χ1) is 16.9. The summed E-state index contributed by atoms with van der Waals surface area (Å²) < 4.78 is 0. The van der Waals surface area contributed by atoms with Crippen molar-refractivity contribution in [1.82, 2.24) is 0 Å². The molecule has 0 amide bonds. The largest absolute Gasteiger partial charge is 0.0840 e. The van der Waals surface area contributed by atoms with E-state index in [-0.39, 0.29) is 0 Å². The van der Waals surface area contributed by atoms with E-state index in [4.69, 9.17) is 0 Å². The van der Waals surface area contributed by atoms with E-state index in [9.17, 15) is 0 Å². The third-order valence-corrected chi connectivity index (χ3v) is 14.5. The molecular formula is C34H60Si. The van der Waals surface area contributed by atoms with Gasteiger partial charge in [-0.3, -0.25) is 0 Å². The summed E-state index contributed by atoms with van der Waals surface area (Å²) in [4.78, 5) is 0. The Balaban J connectivity index is 1.62. The molecule has 0 N–H and O–H groups in total. The molecule has 200 valence electrons. The average molecular weight is 497 g/mol. The topological polar surface area (TPSA) is 0 Å². The van der Waals surface area contributed by atoms with E-state index < -0.39 is 8.80 Å². The number of allylic oxidation sites excluding steroid dienone is 8. The van der Waals surface area contributed by atoms with Gasteiger partial charge < -0.3 is 0 Å². The molecule has 0 heterocycles. The molecule has 2 aliphatic carbocycles. The molecule has 0 aromatic heterocycles. The van der Waals surface area contributed by atoms with E-state index in [2.05, 4.69) is 65.8 Å². The molecule has 0 aromatic carbocycles. The Morgan fingerprint density at radius 1 is 0.657 bits per heavy atom. The minimum atomic E-state index is -1.02. The zero-order valence-electron chi connectivity index (χ0n) is 24.7. The Hall–Kier alpha value is -0.823. The molecule has 0 nitrogen and oxygen atoms in total. The van der Waals surface area contributed by atoms with Crippen LogP contribution in [-0.2, 0) is 0 Å². The second-order valence-electron chi connectivity index (χ2n) is 12.3. The fourth-order valence-corrected chi connectivity index (χ4v) is 11.8. The average Bonchev–Trinajstić information content (AvgIpc) is 3.04. The first kappa shape index (κ1) is 30.4. The molecule has 2 unspecified atom stereocenters. The standard InChI is InChI=1S/C34H60Si/c1-7-8-9-10-11-12-13-14-15-16-17-18-19-20-21-25-28-35(34(6)26-23-22-24-27-34)33-31(4)29(2)30(3)32(33)5/h22-24,26,33,35H,7-21,25,27-28H2,1-6H3.